The molecule has 3 aliphatic heterocycles. The van der Waals surface area contributed by atoms with Crippen molar-refractivity contribution in [2.45, 2.75) is 212 Å². The molecule has 3 saturated heterocycles. The second-order valence-electron chi connectivity index (χ2n) is 22.7. The van der Waals surface area contributed by atoms with Gasteiger partial charge in [-0.25, -0.2) is 9.78 Å². The number of rotatable bonds is 18. The molecule has 0 aliphatic carbocycles. The molecule has 2 aromatic heterocycles. The van der Waals surface area contributed by atoms with Gasteiger partial charge in [0.1, 0.15) is 29.7 Å². The number of esters is 1. The van der Waals surface area contributed by atoms with E-state index in [1.165, 1.54) is 36.4 Å². The Morgan fingerprint density at radius 1 is 0.923 bits per heavy atom. The van der Waals surface area contributed by atoms with E-state index in [0.717, 1.165) is 0 Å². The molecule has 0 amide bonds. The third kappa shape index (κ3) is 16.0. The fourth-order valence-electron chi connectivity index (χ4n) is 11.2. The first kappa shape index (κ1) is 66.7. The number of hydrogen-bond acceptors (Lipinski definition) is 21. The van der Waals surface area contributed by atoms with Crippen LogP contribution in [0.4, 0.5) is 0 Å². The van der Waals surface area contributed by atoms with Crippen molar-refractivity contribution < 1.29 is 77.9 Å². The highest BCUT2D eigenvalue weighted by Crippen LogP contribution is 2.41. The average molecular weight is 1120 g/mol. The molecule has 24 nitrogen and oxygen atoms in total. The van der Waals surface area contributed by atoms with E-state index in [1.54, 1.807) is 74.2 Å². The van der Waals surface area contributed by atoms with E-state index in [2.05, 4.69) is 10.1 Å². The van der Waals surface area contributed by atoms with Crippen LogP contribution in [0.5, 0.6) is 0 Å². The fourth-order valence-corrected chi connectivity index (χ4v) is 11.2. The molecule has 3 aliphatic rings. The summed E-state index contributed by atoms with van der Waals surface area (Å²) in [6.45, 7) is 19.2. The molecule has 0 bridgehead atoms. The molecule has 448 valence electrons. The molecular weight excluding hydrogens is 1020 g/mol. The maximum Gasteiger partial charge on any atom is 0.332 e. The predicted molar refractivity (Wildman–Crippen MR) is 287 cm³/mol. The minimum absolute atomic E-state index is 0.0307. The molecule has 0 saturated carbocycles. The van der Waals surface area contributed by atoms with E-state index in [-0.39, 0.29) is 61.8 Å². The Morgan fingerprint density at radius 2 is 1.59 bits per heavy atom. The second kappa shape index (κ2) is 28.8. The first-order valence-corrected chi connectivity index (χ1v) is 27.3. The quantitative estimate of drug-likeness (QED) is 0.0620. The van der Waals surface area contributed by atoms with E-state index >= 15 is 0 Å². The number of unbranched alkanes of at least 4 members (excludes halogenated alkanes) is 1. The topological polar surface area (TPSA) is 296 Å². The highest BCUT2D eigenvalue weighted by molar-refractivity contribution is 5.88. The molecule has 0 radical (unpaired) electrons. The molecular formula is C54H94N6O18. The Hall–Kier alpha value is -3.76. The summed E-state index contributed by atoms with van der Waals surface area (Å²) in [4.78, 5) is 61.2. The van der Waals surface area contributed by atoms with Crippen molar-refractivity contribution in [3.05, 3.63) is 27.2 Å². The zero-order valence-electron chi connectivity index (χ0n) is 49.2. The van der Waals surface area contributed by atoms with Crippen LogP contribution in [0.3, 0.4) is 0 Å². The van der Waals surface area contributed by atoms with E-state index < -0.39 is 102 Å². The van der Waals surface area contributed by atoms with Crippen LogP contribution in [0.15, 0.2) is 21.1 Å². The number of carbonyl (C=O) groups excluding carboxylic acids is 2. The van der Waals surface area contributed by atoms with Gasteiger partial charge in [-0.15, -0.1) is 0 Å². The van der Waals surface area contributed by atoms with Crippen LogP contribution in [0.1, 0.15) is 121 Å². The van der Waals surface area contributed by atoms with Crippen LogP contribution in [0, 0.1) is 23.7 Å². The summed E-state index contributed by atoms with van der Waals surface area (Å²) >= 11 is 0. The molecule has 3 fully saturated rings. The first-order valence-electron chi connectivity index (χ1n) is 27.3. The van der Waals surface area contributed by atoms with Crippen molar-refractivity contribution >= 4 is 28.6 Å². The standard InChI is InChI=1S/C41H76N2O15.C13H18N4O3/c1-15-29-41(10,49)34(45)24(4)31(42-53-21-52-17-16-50-13)22(2)19-39(8,48)36(58-38-32(44)28(43(11)12)18-23(3)54-38)25(5)33(26(6)37(47)56-29)57-30-20-40(9,51-14)35(46)27(7)55-30;1-9(18)6-4-5-7-17-12(19)10-11(14-8-15(10)2)16(3)13(17)20/h22-30,32-36,38,44-46,48-49H,15-21H2,1-14H3;8H,4-7H2,1-3H3/b42-31+;/t22-,23-,24+,25+,26-,27+,28+,29-,30+,32-,33+,34-,35+,36-,38+,39-,40-,41-;/m1./s1. The van der Waals surface area contributed by atoms with E-state index in [1.807, 2.05) is 32.8 Å². The number of ketones is 1. The Balaban J connectivity index is 0.000000545. The molecule has 5 rings (SSSR count). The smallest absolute Gasteiger partial charge is 0.332 e. The third-order valence-corrected chi connectivity index (χ3v) is 16.0. The zero-order chi connectivity index (χ0) is 58.8. The summed E-state index contributed by atoms with van der Waals surface area (Å²) in [7, 11) is 10.1. The van der Waals surface area contributed by atoms with Crippen molar-refractivity contribution in [3.63, 3.8) is 0 Å². The van der Waals surface area contributed by atoms with Gasteiger partial charge in [-0.3, -0.25) is 18.7 Å². The lowest BCUT2D eigenvalue weighted by Gasteiger charge is -2.49. The number of likely N-dealkylation sites (N-methyl/N-ethyl adjacent to an activating group) is 1. The lowest BCUT2D eigenvalue weighted by atomic mass is 9.73. The number of oxime groups is 1. The minimum atomic E-state index is -1.97. The van der Waals surface area contributed by atoms with Gasteiger partial charge in [0.2, 0.25) is 6.79 Å². The van der Waals surface area contributed by atoms with Gasteiger partial charge >= 0.3 is 11.7 Å². The van der Waals surface area contributed by atoms with Gasteiger partial charge in [0.05, 0.1) is 72.9 Å². The summed E-state index contributed by atoms with van der Waals surface area (Å²) in [6, 6.07) is -0.328. The molecule has 0 unspecified atom stereocenters. The summed E-state index contributed by atoms with van der Waals surface area (Å²) in [6.07, 6.45) is -6.20. The molecule has 0 spiro atoms. The monoisotopic (exact) mass is 1110 g/mol. The Morgan fingerprint density at radius 3 is 2.19 bits per heavy atom. The third-order valence-electron chi connectivity index (χ3n) is 16.0. The summed E-state index contributed by atoms with van der Waals surface area (Å²) in [5, 5.41) is 63.6. The Kier molecular flexibility index (Phi) is 24.6. The molecule has 78 heavy (non-hydrogen) atoms. The average Bonchev–Trinajstić information content (AvgIpc) is 3.79. The Labute approximate surface area is 459 Å². The van der Waals surface area contributed by atoms with Gasteiger partial charge in [-0.2, -0.15) is 0 Å². The van der Waals surface area contributed by atoms with Gasteiger partial charge < -0.3 is 82.5 Å². The second-order valence-corrected chi connectivity index (χ2v) is 22.7. The number of carbonyl (C=O) groups is 2. The number of methoxy groups -OCH3 is 2. The largest absolute Gasteiger partial charge is 0.459 e. The number of fused-ring (bicyclic) bond motifs is 1. The molecule has 0 aromatic carbocycles. The lowest BCUT2D eigenvalue weighted by molar-refractivity contribution is -0.317. The fraction of sp³-hybridized carbons (Fsp3) is 0.852. The van der Waals surface area contributed by atoms with Crippen LogP contribution >= 0.6 is 0 Å². The van der Waals surface area contributed by atoms with Gasteiger partial charge in [-0.1, -0.05) is 32.9 Å². The molecule has 18 atom stereocenters. The normalized spacial score (nSPS) is 36.9. The highest BCUT2D eigenvalue weighted by atomic mass is 16.7. The predicted octanol–water partition coefficient (Wildman–Crippen LogP) is 2.40. The van der Waals surface area contributed by atoms with Crippen molar-refractivity contribution in [3.8, 4) is 0 Å². The van der Waals surface area contributed by atoms with E-state index in [9.17, 15) is 44.7 Å². The number of imidazole rings is 1. The van der Waals surface area contributed by atoms with Crippen molar-refractivity contribution in [1.29, 1.82) is 0 Å². The van der Waals surface area contributed by atoms with Crippen LogP contribution < -0.4 is 11.2 Å². The lowest BCUT2D eigenvalue weighted by Crippen LogP contribution is -2.61. The molecule has 2 aromatic rings. The number of cyclic esters (lactones) is 1. The zero-order valence-corrected chi connectivity index (χ0v) is 49.2. The van der Waals surface area contributed by atoms with Gasteiger partial charge in [0, 0.05) is 71.5 Å². The molecule has 5 N–H and O–H groups in total. The number of aliphatic hydroxyl groups excluding tert-OH is 3. The number of aryl methyl sites for hydroxylation is 2. The van der Waals surface area contributed by atoms with Crippen molar-refractivity contribution in [2.24, 2.45) is 42.9 Å². The van der Waals surface area contributed by atoms with Crippen LogP contribution in [-0.2, 0) is 73.0 Å². The SMILES string of the molecule is CC(=O)CCCCn1c(=O)c2c(ncn2C)n(C)c1=O.CC[C@H]1OC(=O)[C@H](C)[C@@H](O[C@H]2C[C@@](C)(OC)[C@@H](O)[C@H](C)O2)[C@H](C)[C@@H](O[C@@H]2O[C@H](C)C[C@H](N(C)C)[C@H]2O)[C@](C)(O)C[C@@H](C)/C(=N\OCOCCOC)[C@H](C)[C@@H](O)[C@]1(C)O. The number of Topliss-reactive ketones (excluding diaryl/α,β-unsaturated/α-hetero) is 1. The Bertz CT molecular complexity index is 2390. The maximum atomic E-state index is 14.3. The van der Waals surface area contributed by atoms with Crippen molar-refractivity contribution in [2.75, 3.05) is 48.3 Å². The minimum Gasteiger partial charge on any atom is -0.459 e. The highest BCUT2D eigenvalue weighted by Gasteiger charge is 2.53. The number of nitrogens with zero attached hydrogens (tertiary/aromatic N) is 6. The summed E-state index contributed by atoms with van der Waals surface area (Å²) < 4.78 is 52.3. The van der Waals surface area contributed by atoms with Crippen LogP contribution in [0.25, 0.3) is 11.2 Å². The number of ether oxygens (including phenoxy) is 8. The first-order chi connectivity index (χ1) is 36.4. The van der Waals surface area contributed by atoms with Crippen molar-refractivity contribution in [1.82, 2.24) is 23.6 Å². The number of aromatic nitrogens is 4. The summed E-state index contributed by atoms with van der Waals surface area (Å²) in [5.74, 6) is -4.02. The van der Waals surface area contributed by atoms with E-state index in [4.69, 9.17) is 42.7 Å². The van der Waals surface area contributed by atoms with Gasteiger partial charge in [0.25, 0.3) is 5.56 Å². The van der Waals surface area contributed by atoms with Crippen LogP contribution in [-0.4, -0.2) is 199 Å². The number of hydrogen-bond donors (Lipinski definition) is 5. The number of aliphatic hydroxyl groups is 5. The molecule has 5 heterocycles. The van der Waals surface area contributed by atoms with Gasteiger partial charge in [-0.05, 0) is 94.7 Å². The van der Waals surface area contributed by atoms with E-state index in [0.29, 0.717) is 55.7 Å². The van der Waals surface area contributed by atoms with Gasteiger partial charge in [0.15, 0.2) is 23.7 Å². The molecule has 24 heteroatoms. The van der Waals surface area contributed by atoms with Crippen LogP contribution in [0.2, 0.25) is 0 Å². The maximum absolute atomic E-state index is 14.3. The summed E-state index contributed by atoms with van der Waals surface area (Å²) in [5.41, 5.74) is -4.39.